The van der Waals surface area contributed by atoms with E-state index in [9.17, 15) is 26.4 Å². The standard InChI is InChI=1S/C9H8F3NO5S.Li.H/c1-17-6-2-4-7(5-3-6)18-8(14)13-19(15,16)9(10,11)12;;/h2-5H,1H3,(H,13,14);;. The molecule has 20 heavy (non-hydrogen) atoms. The second-order valence-corrected chi connectivity index (χ2v) is 4.79. The van der Waals surface area contributed by atoms with Crippen molar-refractivity contribution in [1.82, 2.24) is 4.72 Å². The van der Waals surface area contributed by atoms with E-state index in [1.807, 2.05) is 0 Å². The summed E-state index contributed by atoms with van der Waals surface area (Å²) in [6.07, 6.45) is -1.76. The summed E-state index contributed by atoms with van der Waals surface area (Å²) in [7, 11) is -4.39. The Balaban J connectivity index is 0.00000361. The van der Waals surface area contributed by atoms with Gasteiger partial charge in [0.15, 0.2) is 0 Å². The number of ether oxygens (including phenoxy) is 2. The van der Waals surface area contributed by atoms with E-state index in [1.165, 1.54) is 31.4 Å². The second kappa shape index (κ2) is 6.87. The van der Waals surface area contributed by atoms with Crippen LogP contribution in [0.3, 0.4) is 0 Å². The molecule has 1 amide bonds. The maximum atomic E-state index is 12.0. The van der Waals surface area contributed by atoms with E-state index < -0.39 is 21.6 Å². The Hall–Kier alpha value is -1.37. The molecule has 11 heteroatoms. The number of sulfonamides is 1. The van der Waals surface area contributed by atoms with Crippen molar-refractivity contribution in [3.8, 4) is 11.5 Å². The Morgan fingerprint density at radius 2 is 1.60 bits per heavy atom. The van der Waals surface area contributed by atoms with Gasteiger partial charge in [0.25, 0.3) is 0 Å². The summed E-state index contributed by atoms with van der Waals surface area (Å²) in [4.78, 5) is 11.0. The second-order valence-electron chi connectivity index (χ2n) is 3.12. The van der Waals surface area contributed by atoms with E-state index in [4.69, 9.17) is 4.74 Å². The zero-order valence-electron chi connectivity index (χ0n) is 9.39. The van der Waals surface area contributed by atoms with Crippen LogP contribution in [0.4, 0.5) is 18.0 Å². The molecular weight excluding hydrogens is 298 g/mol. The molecule has 1 N–H and O–H groups in total. The molecule has 0 aromatic heterocycles. The fourth-order valence-electron chi connectivity index (χ4n) is 0.939. The molecule has 1 aromatic carbocycles. The summed E-state index contributed by atoms with van der Waals surface area (Å²) in [5.41, 5.74) is -5.59. The number of carbonyl (C=O) groups excluding carboxylic acids is 1. The van der Waals surface area contributed by atoms with Gasteiger partial charge in [-0.25, -0.2) is 9.52 Å². The SMILES string of the molecule is COc1ccc(OC(=O)NS(=O)(=O)C(F)(F)F)cc1.[LiH]. The molecule has 6 nitrogen and oxygen atoms in total. The first-order chi connectivity index (χ1) is 8.65. The average Bonchev–Trinajstić information content (AvgIpc) is 2.27. The summed E-state index contributed by atoms with van der Waals surface area (Å²) in [6.45, 7) is 0. The van der Waals surface area contributed by atoms with Gasteiger partial charge in [0, 0.05) is 0 Å². The molecule has 0 unspecified atom stereocenters. The molecule has 0 heterocycles. The predicted molar refractivity (Wildman–Crippen MR) is 64.3 cm³/mol. The molecule has 0 fully saturated rings. The molecular formula is C9H9F3LiNO5S. The molecule has 0 aliphatic heterocycles. The van der Waals surface area contributed by atoms with E-state index in [0.717, 1.165) is 4.72 Å². The minimum absolute atomic E-state index is 0. The first kappa shape index (κ1) is 18.6. The van der Waals surface area contributed by atoms with Gasteiger partial charge in [0.05, 0.1) is 7.11 Å². The summed E-state index contributed by atoms with van der Waals surface area (Å²) in [5, 5.41) is 0. The molecule has 0 radical (unpaired) electrons. The van der Waals surface area contributed by atoms with Gasteiger partial charge in [-0.15, -0.1) is 0 Å². The zero-order valence-corrected chi connectivity index (χ0v) is 10.2. The number of nitrogens with one attached hydrogen (secondary N) is 1. The van der Waals surface area contributed by atoms with Crippen LogP contribution in [-0.2, 0) is 10.0 Å². The molecule has 1 rings (SSSR count). The number of hydrogen-bond donors (Lipinski definition) is 1. The van der Waals surface area contributed by atoms with Crippen molar-refractivity contribution in [3.63, 3.8) is 0 Å². The van der Waals surface area contributed by atoms with E-state index in [2.05, 4.69) is 4.74 Å². The summed E-state index contributed by atoms with van der Waals surface area (Å²) < 4.78 is 66.9. The van der Waals surface area contributed by atoms with Crippen molar-refractivity contribution in [2.45, 2.75) is 5.51 Å². The van der Waals surface area contributed by atoms with Gasteiger partial charge in [0.1, 0.15) is 11.5 Å². The fraction of sp³-hybridized carbons (Fsp3) is 0.222. The van der Waals surface area contributed by atoms with Crippen LogP contribution in [0.15, 0.2) is 24.3 Å². The van der Waals surface area contributed by atoms with E-state index in [0.29, 0.717) is 5.75 Å². The van der Waals surface area contributed by atoms with Crippen molar-refractivity contribution in [3.05, 3.63) is 24.3 Å². The number of amides is 1. The van der Waals surface area contributed by atoms with E-state index >= 15 is 0 Å². The maximum absolute atomic E-state index is 12.0. The molecule has 0 aliphatic rings. The van der Waals surface area contributed by atoms with Crippen LogP contribution in [0, 0.1) is 0 Å². The van der Waals surface area contributed by atoms with Crippen LogP contribution in [-0.4, -0.2) is 46.0 Å². The number of carbonyl (C=O) groups is 1. The first-order valence-corrected chi connectivity index (χ1v) is 6.09. The van der Waals surface area contributed by atoms with Crippen molar-refractivity contribution < 1.29 is 35.9 Å². The van der Waals surface area contributed by atoms with Crippen molar-refractivity contribution in [1.29, 1.82) is 0 Å². The van der Waals surface area contributed by atoms with Crippen LogP contribution in [0.25, 0.3) is 0 Å². The Labute approximate surface area is 124 Å². The molecule has 0 bridgehead atoms. The van der Waals surface area contributed by atoms with Crippen molar-refractivity contribution in [2.75, 3.05) is 7.11 Å². The van der Waals surface area contributed by atoms with Gasteiger partial charge in [-0.05, 0) is 24.3 Å². The number of halogens is 3. The Kier molecular flexibility index (Phi) is 6.40. The Bertz CT molecular complexity index is 558. The number of methoxy groups -OCH3 is 1. The van der Waals surface area contributed by atoms with E-state index in [-0.39, 0.29) is 24.6 Å². The summed E-state index contributed by atoms with van der Waals surface area (Å²) in [6, 6.07) is 5.19. The molecule has 0 saturated carbocycles. The van der Waals surface area contributed by atoms with Gasteiger partial charge >= 0.3 is 40.5 Å². The Morgan fingerprint density at radius 1 is 1.15 bits per heavy atom. The predicted octanol–water partition coefficient (Wildman–Crippen LogP) is 0.985. The van der Waals surface area contributed by atoms with E-state index in [1.54, 1.807) is 0 Å². The molecule has 0 atom stereocenters. The average molecular weight is 307 g/mol. The van der Waals surface area contributed by atoms with Crippen LogP contribution >= 0.6 is 0 Å². The summed E-state index contributed by atoms with van der Waals surface area (Å²) in [5.74, 6) is 0.284. The van der Waals surface area contributed by atoms with Gasteiger partial charge in [-0.3, -0.25) is 0 Å². The zero-order chi connectivity index (χ0) is 14.7. The third-order valence-electron chi connectivity index (χ3n) is 1.79. The number of hydrogen-bond acceptors (Lipinski definition) is 5. The van der Waals surface area contributed by atoms with Gasteiger partial charge in [0.2, 0.25) is 0 Å². The van der Waals surface area contributed by atoms with Gasteiger partial charge < -0.3 is 9.47 Å². The Morgan fingerprint density at radius 3 is 2.00 bits per heavy atom. The molecule has 0 saturated heterocycles. The van der Waals surface area contributed by atoms with Crippen LogP contribution in [0.2, 0.25) is 0 Å². The van der Waals surface area contributed by atoms with Crippen LogP contribution in [0.1, 0.15) is 0 Å². The number of rotatable bonds is 3. The monoisotopic (exact) mass is 307 g/mol. The topological polar surface area (TPSA) is 81.7 Å². The van der Waals surface area contributed by atoms with Crippen molar-refractivity contribution in [2.24, 2.45) is 0 Å². The summed E-state index contributed by atoms with van der Waals surface area (Å²) >= 11 is 0. The molecule has 0 aliphatic carbocycles. The molecule has 108 valence electrons. The van der Waals surface area contributed by atoms with Crippen LogP contribution in [0.5, 0.6) is 11.5 Å². The van der Waals surface area contributed by atoms with Crippen molar-refractivity contribution >= 4 is 35.0 Å². The number of benzene rings is 1. The fourth-order valence-corrected chi connectivity index (χ4v) is 1.32. The number of alkyl halides is 3. The third kappa shape index (κ3) is 4.95. The normalized spacial score (nSPS) is 11.2. The third-order valence-corrected chi connectivity index (χ3v) is 2.84. The first-order valence-electron chi connectivity index (χ1n) is 4.60. The molecule has 1 aromatic rings. The quantitative estimate of drug-likeness (QED) is 0.842. The van der Waals surface area contributed by atoms with Gasteiger partial charge in [-0.1, -0.05) is 0 Å². The van der Waals surface area contributed by atoms with Gasteiger partial charge in [-0.2, -0.15) is 21.6 Å². The van der Waals surface area contributed by atoms with Crippen LogP contribution < -0.4 is 14.2 Å². The minimum atomic E-state index is -5.78. The molecule has 0 spiro atoms.